The Hall–Kier alpha value is -2.73. The standard InChI is InChI=1S/C20H23ClN2O4/c1-4-11-26-18-10-5-15(12-19(18)25-3)13-22-27-14(2)20(24)23-17-8-6-16(21)7-9-17/h5-10,12-14H,4,11H2,1-3H3,(H,23,24)/b22-13-/t14-/m1/s1. The maximum absolute atomic E-state index is 12.1. The van der Waals surface area contributed by atoms with Gasteiger partial charge >= 0.3 is 0 Å². The van der Waals surface area contributed by atoms with E-state index in [1.54, 1.807) is 44.4 Å². The van der Waals surface area contributed by atoms with E-state index in [4.69, 9.17) is 25.9 Å². The predicted molar refractivity (Wildman–Crippen MR) is 107 cm³/mol. The lowest BCUT2D eigenvalue weighted by Gasteiger charge is -2.11. The Morgan fingerprint density at radius 3 is 2.63 bits per heavy atom. The second-order valence-corrected chi connectivity index (χ2v) is 6.17. The van der Waals surface area contributed by atoms with Gasteiger partial charge in [-0.1, -0.05) is 23.7 Å². The van der Waals surface area contributed by atoms with Crippen molar-refractivity contribution in [3.8, 4) is 11.5 Å². The number of anilines is 1. The summed E-state index contributed by atoms with van der Waals surface area (Å²) >= 11 is 5.82. The summed E-state index contributed by atoms with van der Waals surface area (Å²) in [4.78, 5) is 17.3. The van der Waals surface area contributed by atoms with Crippen LogP contribution in [0.5, 0.6) is 11.5 Å². The first-order chi connectivity index (χ1) is 13.0. The third-order valence-corrected chi connectivity index (χ3v) is 3.80. The third-order valence-electron chi connectivity index (χ3n) is 3.55. The molecule has 1 amide bonds. The molecule has 0 radical (unpaired) electrons. The van der Waals surface area contributed by atoms with E-state index in [1.807, 2.05) is 19.1 Å². The summed E-state index contributed by atoms with van der Waals surface area (Å²) in [5.74, 6) is 0.976. The molecular weight excluding hydrogens is 368 g/mol. The Morgan fingerprint density at radius 2 is 1.96 bits per heavy atom. The SMILES string of the molecule is CCCOc1ccc(/C=N\O[C@H](C)C(=O)Nc2ccc(Cl)cc2)cc1OC. The smallest absolute Gasteiger partial charge is 0.267 e. The van der Waals surface area contributed by atoms with Crippen LogP contribution in [0, 0.1) is 0 Å². The number of methoxy groups -OCH3 is 1. The van der Waals surface area contributed by atoms with Crippen LogP contribution in [0.4, 0.5) is 5.69 Å². The van der Waals surface area contributed by atoms with E-state index < -0.39 is 6.10 Å². The second kappa shape index (κ2) is 10.4. The number of halogens is 1. The number of hydrogen-bond acceptors (Lipinski definition) is 5. The van der Waals surface area contributed by atoms with Gasteiger partial charge in [0.25, 0.3) is 5.91 Å². The van der Waals surface area contributed by atoms with Crippen molar-refractivity contribution in [2.24, 2.45) is 5.16 Å². The van der Waals surface area contributed by atoms with E-state index >= 15 is 0 Å². The monoisotopic (exact) mass is 390 g/mol. The average molecular weight is 391 g/mol. The number of nitrogens with zero attached hydrogens (tertiary/aromatic N) is 1. The van der Waals surface area contributed by atoms with Crippen LogP contribution in [0.1, 0.15) is 25.8 Å². The van der Waals surface area contributed by atoms with Gasteiger partial charge in [0.1, 0.15) is 0 Å². The van der Waals surface area contributed by atoms with E-state index in [1.165, 1.54) is 6.21 Å². The molecule has 7 heteroatoms. The minimum absolute atomic E-state index is 0.310. The Bertz CT molecular complexity index is 778. The fraction of sp³-hybridized carbons (Fsp3) is 0.300. The molecule has 144 valence electrons. The Labute approximate surface area is 164 Å². The summed E-state index contributed by atoms with van der Waals surface area (Å²) in [5.41, 5.74) is 1.40. The van der Waals surface area contributed by atoms with Gasteiger partial charge in [0.2, 0.25) is 6.10 Å². The molecule has 0 aromatic heterocycles. The van der Waals surface area contributed by atoms with Gasteiger partial charge in [-0.05, 0) is 55.8 Å². The van der Waals surface area contributed by atoms with Gasteiger partial charge < -0.3 is 19.6 Å². The first-order valence-corrected chi connectivity index (χ1v) is 8.97. The largest absolute Gasteiger partial charge is 0.493 e. The van der Waals surface area contributed by atoms with E-state index in [0.717, 1.165) is 12.0 Å². The van der Waals surface area contributed by atoms with Gasteiger partial charge in [-0.25, -0.2) is 0 Å². The fourth-order valence-electron chi connectivity index (χ4n) is 2.10. The van der Waals surface area contributed by atoms with Crippen molar-refractivity contribution < 1.29 is 19.1 Å². The molecule has 0 aliphatic heterocycles. The summed E-state index contributed by atoms with van der Waals surface area (Å²) in [6, 6.07) is 12.3. The van der Waals surface area contributed by atoms with Gasteiger partial charge in [-0.15, -0.1) is 0 Å². The zero-order valence-corrected chi connectivity index (χ0v) is 16.3. The molecule has 0 aliphatic carbocycles. The third kappa shape index (κ3) is 6.49. The zero-order valence-electron chi connectivity index (χ0n) is 15.6. The highest BCUT2D eigenvalue weighted by Gasteiger charge is 2.14. The second-order valence-electron chi connectivity index (χ2n) is 5.74. The molecule has 0 saturated heterocycles. The normalized spacial score (nSPS) is 11.9. The quantitative estimate of drug-likeness (QED) is 0.505. The lowest BCUT2D eigenvalue weighted by Crippen LogP contribution is -2.26. The van der Waals surface area contributed by atoms with Crippen LogP contribution < -0.4 is 14.8 Å². The van der Waals surface area contributed by atoms with Gasteiger partial charge in [0.15, 0.2) is 11.5 Å². The Kier molecular flexibility index (Phi) is 7.95. The molecule has 1 atom stereocenters. The molecular formula is C20H23ClN2O4. The van der Waals surface area contributed by atoms with Crippen LogP contribution in [-0.4, -0.2) is 31.9 Å². The average Bonchev–Trinajstić information content (AvgIpc) is 2.68. The lowest BCUT2D eigenvalue weighted by molar-refractivity contribution is -0.126. The molecule has 27 heavy (non-hydrogen) atoms. The topological polar surface area (TPSA) is 69.2 Å². The van der Waals surface area contributed by atoms with Crippen LogP contribution in [0.3, 0.4) is 0 Å². The van der Waals surface area contributed by atoms with Gasteiger partial charge in [0.05, 0.1) is 19.9 Å². The van der Waals surface area contributed by atoms with E-state index in [0.29, 0.717) is 28.8 Å². The highest BCUT2D eigenvalue weighted by Crippen LogP contribution is 2.27. The number of rotatable bonds is 9. The molecule has 1 N–H and O–H groups in total. The summed E-state index contributed by atoms with van der Waals surface area (Å²) in [7, 11) is 1.58. The lowest BCUT2D eigenvalue weighted by atomic mass is 10.2. The molecule has 6 nitrogen and oxygen atoms in total. The van der Waals surface area contributed by atoms with Crippen LogP contribution >= 0.6 is 11.6 Å². The first kappa shape index (κ1) is 20.6. The number of nitrogens with one attached hydrogen (secondary N) is 1. The molecule has 0 saturated carbocycles. The molecule has 2 rings (SSSR count). The van der Waals surface area contributed by atoms with Crippen molar-refractivity contribution in [3.05, 3.63) is 53.1 Å². The number of carbonyl (C=O) groups excluding carboxylic acids is 1. The van der Waals surface area contributed by atoms with Crippen molar-refractivity contribution in [2.75, 3.05) is 19.0 Å². The molecule has 0 bridgehead atoms. The van der Waals surface area contributed by atoms with E-state index in [-0.39, 0.29) is 5.91 Å². The maximum Gasteiger partial charge on any atom is 0.267 e. The van der Waals surface area contributed by atoms with Gasteiger partial charge in [-0.3, -0.25) is 4.79 Å². The van der Waals surface area contributed by atoms with Crippen molar-refractivity contribution in [1.29, 1.82) is 0 Å². The summed E-state index contributed by atoms with van der Waals surface area (Å²) in [5, 5.41) is 7.21. The van der Waals surface area contributed by atoms with Crippen LogP contribution in [0.15, 0.2) is 47.6 Å². The van der Waals surface area contributed by atoms with Crippen LogP contribution in [-0.2, 0) is 9.63 Å². The Morgan fingerprint density at radius 1 is 1.22 bits per heavy atom. The maximum atomic E-state index is 12.1. The number of amides is 1. The number of oxime groups is 1. The molecule has 0 unspecified atom stereocenters. The van der Waals surface area contributed by atoms with Gasteiger partial charge in [0, 0.05) is 16.3 Å². The fourth-order valence-corrected chi connectivity index (χ4v) is 2.23. The minimum Gasteiger partial charge on any atom is -0.493 e. The van der Waals surface area contributed by atoms with Crippen LogP contribution in [0.2, 0.25) is 5.02 Å². The zero-order chi connectivity index (χ0) is 19.6. The van der Waals surface area contributed by atoms with Gasteiger partial charge in [-0.2, -0.15) is 0 Å². The molecule has 2 aromatic rings. The highest BCUT2D eigenvalue weighted by atomic mass is 35.5. The molecule has 0 heterocycles. The van der Waals surface area contributed by atoms with Crippen molar-refractivity contribution in [2.45, 2.75) is 26.4 Å². The predicted octanol–water partition coefficient (Wildman–Crippen LogP) is 4.52. The number of hydrogen-bond donors (Lipinski definition) is 1. The first-order valence-electron chi connectivity index (χ1n) is 8.60. The van der Waals surface area contributed by atoms with E-state index in [9.17, 15) is 4.79 Å². The summed E-state index contributed by atoms with van der Waals surface area (Å²) < 4.78 is 10.9. The van der Waals surface area contributed by atoms with Crippen LogP contribution in [0.25, 0.3) is 0 Å². The number of ether oxygens (including phenoxy) is 2. The molecule has 0 aliphatic rings. The number of benzene rings is 2. The molecule has 0 spiro atoms. The highest BCUT2D eigenvalue weighted by molar-refractivity contribution is 6.30. The minimum atomic E-state index is -0.758. The molecule has 0 fully saturated rings. The Balaban J connectivity index is 1.91. The summed E-state index contributed by atoms with van der Waals surface area (Å²) in [6.07, 6.45) is 1.67. The number of carbonyl (C=O) groups is 1. The van der Waals surface area contributed by atoms with Crippen molar-refractivity contribution in [3.63, 3.8) is 0 Å². The van der Waals surface area contributed by atoms with Crippen molar-refractivity contribution in [1.82, 2.24) is 0 Å². The van der Waals surface area contributed by atoms with E-state index in [2.05, 4.69) is 10.5 Å². The van der Waals surface area contributed by atoms with Crippen molar-refractivity contribution >= 4 is 29.4 Å². The molecule has 2 aromatic carbocycles. The summed E-state index contributed by atoms with van der Waals surface area (Å²) in [6.45, 7) is 4.27.